The Morgan fingerprint density at radius 1 is 1.42 bits per heavy atom. The molecule has 0 bridgehead atoms. The maximum Gasteiger partial charge on any atom is 0.191 e. The zero-order valence-electron chi connectivity index (χ0n) is 7.66. The van der Waals surface area contributed by atoms with Gasteiger partial charge >= 0.3 is 0 Å². The molecule has 0 amide bonds. The molecule has 1 rings (SSSR count). The zero-order valence-corrected chi connectivity index (χ0v) is 10.0. The van der Waals surface area contributed by atoms with Crippen molar-refractivity contribution in [1.29, 1.82) is 0 Å². The third-order valence-electron chi connectivity index (χ3n) is 2.42. The summed E-state index contributed by atoms with van der Waals surface area (Å²) in [5.74, 6) is 0.00849. The van der Waals surface area contributed by atoms with E-state index in [-0.39, 0.29) is 11.2 Å². The topological polar surface area (TPSA) is 17.1 Å². The Morgan fingerprint density at radius 2 is 1.83 bits per heavy atom. The van der Waals surface area contributed by atoms with Crippen LogP contribution < -0.4 is 0 Å². The van der Waals surface area contributed by atoms with Gasteiger partial charge < -0.3 is 0 Å². The van der Waals surface area contributed by atoms with Gasteiger partial charge in [-0.1, -0.05) is 47.0 Å². The predicted molar refractivity (Wildman–Crippen MR) is 54.7 cm³/mol. The summed E-state index contributed by atoms with van der Waals surface area (Å²) in [5, 5.41) is 0. The number of allylic oxidation sites excluding steroid dienone is 2. The Morgan fingerprint density at radius 3 is 2.00 bits per heavy atom. The first-order chi connectivity index (χ1) is 5.23. The van der Waals surface area contributed by atoms with E-state index < -0.39 is 3.78 Å². The monoisotopic (exact) mass is 250 g/mol. The lowest BCUT2D eigenvalue weighted by atomic mass is 9.64. The van der Waals surface area contributed by atoms with Gasteiger partial charge in [0.25, 0.3) is 0 Å². The van der Waals surface area contributed by atoms with E-state index in [1.807, 2.05) is 27.7 Å². The van der Waals surface area contributed by atoms with E-state index in [9.17, 15) is 4.79 Å². The number of halogens is 2. The SMILES string of the molecule is CC(C)=C1C(=O)C(Cl)(Br)C1(C)C. The van der Waals surface area contributed by atoms with Crippen LogP contribution in [0.1, 0.15) is 27.7 Å². The molecule has 0 aromatic heterocycles. The van der Waals surface area contributed by atoms with Crippen LogP contribution in [0.2, 0.25) is 0 Å². The third-order valence-corrected chi connectivity index (χ3v) is 4.42. The summed E-state index contributed by atoms with van der Waals surface area (Å²) < 4.78 is -0.882. The largest absolute Gasteiger partial charge is 0.291 e. The lowest BCUT2D eigenvalue weighted by molar-refractivity contribution is -0.123. The molecule has 0 aliphatic heterocycles. The second-order valence-corrected chi connectivity index (χ2v) is 6.12. The summed E-state index contributed by atoms with van der Waals surface area (Å²) in [5.41, 5.74) is 1.65. The highest BCUT2D eigenvalue weighted by atomic mass is 79.9. The van der Waals surface area contributed by atoms with Crippen molar-refractivity contribution in [1.82, 2.24) is 0 Å². The van der Waals surface area contributed by atoms with E-state index in [4.69, 9.17) is 11.6 Å². The first-order valence-electron chi connectivity index (χ1n) is 3.83. The standard InChI is InChI=1S/C9H12BrClO/c1-5(2)6-7(12)9(10,11)8(6,3)4/h1-4H3. The molecule has 1 fully saturated rings. The molecular formula is C9H12BrClO. The van der Waals surface area contributed by atoms with E-state index in [0.717, 1.165) is 11.1 Å². The van der Waals surface area contributed by atoms with Gasteiger partial charge in [-0.25, -0.2) is 0 Å². The summed E-state index contributed by atoms with van der Waals surface area (Å²) in [7, 11) is 0. The first-order valence-corrected chi connectivity index (χ1v) is 5.00. The third kappa shape index (κ3) is 1.01. The van der Waals surface area contributed by atoms with Gasteiger partial charge in [0.05, 0.1) is 0 Å². The molecule has 0 heterocycles. The van der Waals surface area contributed by atoms with Crippen molar-refractivity contribution in [2.75, 3.05) is 0 Å². The summed E-state index contributed by atoms with van der Waals surface area (Å²) >= 11 is 9.26. The molecule has 12 heavy (non-hydrogen) atoms. The molecule has 0 spiro atoms. The van der Waals surface area contributed by atoms with Crippen molar-refractivity contribution >= 4 is 33.3 Å². The quantitative estimate of drug-likeness (QED) is 0.477. The molecule has 1 nitrogen and oxygen atoms in total. The van der Waals surface area contributed by atoms with Gasteiger partial charge in [-0.2, -0.15) is 0 Å². The average Bonchev–Trinajstić information content (AvgIpc) is 1.85. The highest BCUT2D eigenvalue weighted by molar-refractivity contribution is 9.10. The van der Waals surface area contributed by atoms with Crippen molar-refractivity contribution in [3.05, 3.63) is 11.1 Å². The summed E-state index contributed by atoms with van der Waals surface area (Å²) in [6, 6.07) is 0. The van der Waals surface area contributed by atoms with Crippen LogP contribution in [-0.4, -0.2) is 9.57 Å². The van der Waals surface area contributed by atoms with Crippen LogP contribution in [0, 0.1) is 5.41 Å². The fourth-order valence-corrected chi connectivity index (χ4v) is 2.26. The van der Waals surface area contributed by atoms with Gasteiger partial charge in [0.2, 0.25) is 0 Å². The highest BCUT2D eigenvalue weighted by Gasteiger charge is 2.62. The first kappa shape index (κ1) is 10.3. The molecule has 1 saturated carbocycles. The Hall–Kier alpha value is 0.180. The maximum absolute atomic E-state index is 11.5. The van der Waals surface area contributed by atoms with Crippen LogP contribution in [0.15, 0.2) is 11.1 Å². The molecule has 3 heteroatoms. The van der Waals surface area contributed by atoms with E-state index >= 15 is 0 Å². The fraction of sp³-hybridized carbons (Fsp3) is 0.667. The Labute approximate surface area is 86.3 Å². The number of hydrogen-bond acceptors (Lipinski definition) is 1. The molecule has 68 valence electrons. The Kier molecular flexibility index (Phi) is 2.21. The van der Waals surface area contributed by atoms with Gasteiger partial charge in [-0.05, 0) is 13.8 Å². The fourth-order valence-electron chi connectivity index (χ4n) is 1.67. The van der Waals surface area contributed by atoms with Crippen LogP contribution in [0.3, 0.4) is 0 Å². The minimum Gasteiger partial charge on any atom is -0.291 e. The molecule has 1 aliphatic carbocycles. The van der Waals surface area contributed by atoms with Crippen molar-refractivity contribution in [3.63, 3.8) is 0 Å². The predicted octanol–water partition coefficient (Wildman–Crippen LogP) is 3.26. The second kappa shape index (κ2) is 2.58. The van der Waals surface area contributed by atoms with Crippen LogP contribution >= 0.6 is 27.5 Å². The molecule has 1 atom stereocenters. The minimum absolute atomic E-state index is 0.00849. The summed E-state index contributed by atoms with van der Waals surface area (Å²) in [4.78, 5) is 11.5. The van der Waals surface area contributed by atoms with Crippen LogP contribution in [0.25, 0.3) is 0 Å². The lowest BCUT2D eigenvalue weighted by Crippen LogP contribution is -2.56. The van der Waals surface area contributed by atoms with E-state index in [2.05, 4.69) is 15.9 Å². The molecule has 1 aliphatic rings. The zero-order chi connectivity index (χ0) is 9.73. The van der Waals surface area contributed by atoms with Crippen molar-refractivity contribution in [2.45, 2.75) is 31.5 Å². The number of rotatable bonds is 0. The van der Waals surface area contributed by atoms with Gasteiger partial charge in [0.1, 0.15) is 0 Å². The van der Waals surface area contributed by atoms with Gasteiger partial charge in [0, 0.05) is 11.0 Å². The van der Waals surface area contributed by atoms with Gasteiger partial charge in [0.15, 0.2) is 9.57 Å². The minimum atomic E-state index is -0.882. The van der Waals surface area contributed by atoms with E-state index in [1.54, 1.807) is 0 Å². The van der Waals surface area contributed by atoms with Crippen LogP contribution in [0.5, 0.6) is 0 Å². The van der Waals surface area contributed by atoms with Gasteiger partial charge in [-0.15, -0.1) is 0 Å². The Bertz CT molecular complexity index is 272. The number of carbonyl (C=O) groups is 1. The number of Topliss-reactive ketones (excluding diaryl/α,β-unsaturated/α-hetero) is 1. The van der Waals surface area contributed by atoms with Crippen LogP contribution in [0.4, 0.5) is 0 Å². The normalized spacial score (nSPS) is 33.2. The molecular weight excluding hydrogens is 239 g/mol. The van der Waals surface area contributed by atoms with Crippen LogP contribution in [-0.2, 0) is 4.79 Å². The molecule has 0 saturated heterocycles. The van der Waals surface area contributed by atoms with E-state index in [1.165, 1.54) is 0 Å². The molecule has 0 aromatic rings. The number of hydrogen-bond donors (Lipinski definition) is 0. The molecule has 0 N–H and O–H groups in total. The van der Waals surface area contributed by atoms with Crippen molar-refractivity contribution in [2.24, 2.45) is 5.41 Å². The molecule has 0 radical (unpaired) electrons. The second-order valence-electron chi connectivity index (χ2n) is 3.90. The Balaban J connectivity index is 3.19. The summed E-state index contributed by atoms with van der Waals surface area (Å²) in [6.07, 6.45) is 0. The number of ketones is 1. The van der Waals surface area contributed by atoms with Crippen molar-refractivity contribution in [3.8, 4) is 0 Å². The lowest BCUT2D eigenvalue weighted by Gasteiger charge is -2.49. The van der Waals surface area contributed by atoms with Gasteiger partial charge in [-0.3, -0.25) is 4.79 Å². The number of carbonyl (C=O) groups excluding carboxylic acids is 1. The summed E-state index contributed by atoms with van der Waals surface area (Å²) in [6.45, 7) is 7.82. The molecule has 0 aromatic carbocycles. The average molecular weight is 252 g/mol. The van der Waals surface area contributed by atoms with E-state index in [0.29, 0.717) is 0 Å². The van der Waals surface area contributed by atoms with Crippen molar-refractivity contribution < 1.29 is 4.79 Å². The molecule has 1 unspecified atom stereocenters. The smallest absolute Gasteiger partial charge is 0.191 e. The highest BCUT2D eigenvalue weighted by Crippen LogP contribution is 2.59. The number of alkyl halides is 2. The maximum atomic E-state index is 11.5.